The van der Waals surface area contributed by atoms with E-state index >= 15 is 0 Å². The van der Waals surface area contributed by atoms with E-state index in [-0.39, 0.29) is 17.9 Å². The van der Waals surface area contributed by atoms with Crippen LogP contribution in [0.3, 0.4) is 0 Å². The highest BCUT2D eigenvalue weighted by molar-refractivity contribution is 5.97. The number of halogens is 1. The second-order valence-corrected chi connectivity index (χ2v) is 3.56. The van der Waals surface area contributed by atoms with Crippen molar-refractivity contribution >= 4 is 5.91 Å². The van der Waals surface area contributed by atoms with Gasteiger partial charge in [0.1, 0.15) is 17.1 Å². The van der Waals surface area contributed by atoms with Crippen LogP contribution in [0, 0.1) is 18.2 Å². The van der Waals surface area contributed by atoms with Gasteiger partial charge in [-0.2, -0.15) is 0 Å². The van der Waals surface area contributed by atoms with Gasteiger partial charge in [-0.05, 0) is 18.6 Å². The molecule has 0 radical (unpaired) electrons. The predicted molar refractivity (Wildman–Crippen MR) is 63.1 cm³/mol. The summed E-state index contributed by atoms with van der Waals surface area (Å²) in [6, 6.07) is 3.75. The maximum absolute atomic E-state index is 13.5. The standard InChI is InChI=1S/C13H14FNO2/c1-3-8-15(9-4-2)13(17)12-10(14)6-5-7-11(12)16/h1,5-7,16H,4,8-9H2,2H3. The molecule has 0 saturated carbocycles. The molecule has 90 valence electrons. The molecule has 0 bridgehead atoms. The van der Waals surface area contributed by atoms with E-state index in [1.54, 1.807) is 0 Å². The number of terminal acetylenes is 1. The average molecular weight is 235 g/mol. The van der Waals surface area contributed by atoms with Gasteiger partial charge in [0, 0.05) is 6.54 Å². The molecule has 4 heteroatoms. The van der Waals surface area contributed by atoms with E-state index < -0.39 is 11.7 Å². The van der Waals surface area contributed by atoms with Crippen LogP contribution < -0.4 is 0 Å². The molecule has 17 heavy (non-hydrogen) atoms. The van der Waals surface area contributed by atoms with Crippen molar-refractivity contribution in [3.05, 3.63) is 29.6 Å². The van der Waals surface area contributed by atoms with Gasteiger partial charge in [-0.3, -0.25) is 4.79 Å². The van der Waals surface area contributed by atoms with Gasteiger partial charge >= 0.3 is 0 Å². The van der Waals surface area contributed by atoms with Gasteiger partial charge in [0.25, 0.3) is 5.91 Å². The fraction of sp³-hybridized carbons (Fsp3) is 0.308. The minimum Gasteiger partial charge on any atom is -0.507 e. The van der Waals surface area contributed by atoms with Crippen molar-refractivity contribution < 1.29 is 14.3 Å². The zero-order valence-electron chi connectivity index (χ0n) is 9.61. The lowest BCUT2D eigenvalue weighted by molar-refractivity contribution is 0.0769. The summed E-state index contributed by atoms with van der Waals surface area (Å²) in [6.07, 6.45) is 5.86. The summed E-state index contributed by atoms with van der Waals surface area (Å²) in [7, 11) is 0. The third-order valence-electron chi connectivity index (χ3n) is 2.27. The number of benzene rings is 1. The zero-order valence-corrected chi connectivity index (χ0v) is 9.61. The SMILES string of the molecule is C#CCN(CCC)C(=O)c1c(O)cccc1F. The quantitative estimate of drug-likeness (QED) is 0.811. The number of aromatic hydroxyl groups is 1. The molecular weight excluding hydrogens is 221 g/mol. The summed E-state index contributed by atoms with van der Waals surface area (Å²) in [6.45, 7) is 2.41. The van der Waals surface area contributed by atoms with Crippen LogP contribution in [-0.2, 0) is 0 Å². The van der Waals surface area contributed by atoms with Crippen molar-refractivity contribution in [2.45, 2.75) is 13.3 Å². The van der Waals surface area contributed by atoms with Gasteiger partial charge < -0.3 is 10.0 Å². The van der Waals surface area contributed by atoms with Gasteiger partial charge in [-0.15, -0.1) is 6.42 Å². The highest BCUT2D eigenvalue weighted by atomic mass is 19.1. The number of nitrogens with zero attached hydrogens (tertiary/aromatic N) is 1. The van der Waals surface area contributed by atoms with Gasteiger partial charge in [0.15, 0.2) is 0 Å². The first kappa shape index (κ1) is 13.0. The third-order valence-corrected chi connectivity index (χ3v) is 2.27. The Kier molecular flexibility index (Phi) is 4.53. The lowest BCUT2D eigenvalue weighted by atomic mass is 10.1. The Morgan fingerprint density at radius 3 is 2.82 bits per heavy atom. The van der Waals surface area contributed by atoms with Crippen molar-refractivity contribution in [1.29, 1.82) is 0 Å². The molecule has 0 aliphatic heterocycles. The molecule has 0 atom stereocenters. The Bertz CT molecular complexity index is 431. The van der Waals surface area contributed by atoms with E-state index in [0.29, 0.717) is 13.0 Å². The Balaban J connectivity index is 3.05. The smallest absolute Gasteiger partial charge is 0.261 e. The van der Waals surface area contributed by atoms with Crippen molar-refractivity contribution in [2.24, 2.45) is 0 Å². The normalized spacial score (nSPS) is 9.71. The zero-order chi connectivity index (χ0) is 12.8. The molecule has 3 nitrogen and oxygen atoms in total. The fourth-order valence-electron chi connectivity index (χ4n) is 1.52. The van der Waals surface area contributed by atoms with Crippen LogP contribution in [0.5, 0.6) is 5.75 Å². The van der Waals surface area contributed by atoms with Gasteiger partial charge in [-0.25, -0.2) is 4.39 Å². The van der Waals surface area contributed by atoms with E-state index in [1.165, 1.54) is 17.0 Å². The van der Waals surface area contributed by atoms with Crippen molar-refractivity contribution in [3.8, 4) is 18.1 Å². The second-order valence-electron chi connectivity index (χ2n) is 3.56. The molecule has 0 aliphatic rings. The molecule has 1 aromatic carbocycles. The summed E-state index contributed by atoms with van der Waals surface area (Å²) in [4.78, 5) is 13.3. The maximum atomic E-state index is 13.5. The van der Waals surface area contributed by atoms with E-state index in [2.05, 4.69) is 5.92 Å². The number of rotatable bonds is 4. The van der Waals surface area contributed by atoms with Crippen LogP contribution in [0.2, 0.25) is 0 Å². The van der Waals surface area contributed by atoms with E-state index in [0.717, 1.165) is 6.07 Å². The Morgan fingerprint density at radius 2 is 2.29 bits per heavy atom. The molecule has 0 heterocycles. The molecule has 0 aromatic heterocycles. The summed E-state index contributed by atoms with van der Waals surface area (Å²) >= 11 is 0. The molecular formula is C13H14FNO2. The van der Waals surface area contributed by atoms with Crippen LogP contribution in [0.25, 0.3) is 0 Å². The van der Waals surface area contributed by atoms with E-state index in [1.807, 2.05) is 6.92 Å². The van der Waals surface area contributed by atoms with Crippen molar-refractivity contribution in [3.63, 3.8) is 0 Å². The Morgan fingerprint density at radius 1 is 1.59 bits per heavy atom. The van der Waals surface area contributed by atoms with Crippen molar-refractivity contribution in [2.75, 3.05) is 13.1 Å². The Hall–Kier alpha value is -2.02. The highest BCUT2D eigenvalue weighted by Gasteiger charge is 2.21. The first-order valence-electron chi connectivity index (χ1n) is 5.32. The monoisotopic (exact) mass is 235 g/mol. The van der Waals surface area contributed by atoms with Crippen LogP contribution >= 0.6 is 0 Å². The molecule has 0 spiro atoms. The van der Waals surface area contributed by atoms with Crippen LogP contribution in [0.4, 0.5) is 4.39 Å². The number of phenols is 1. The number of amides is 1. The number of carbonyl (C=O) groups excluding carboxylic acids is 1. The first-order valence-corrected chi connectivity index (χ1v) is 5.32. The van der Waals surface area contributed by atoms with E-state index in [9.17, 15) is 14.3 Å². The summed E-state index contributed by atoms with van der Waals surface area (Å²) in [5, 5.41) is 9.51. The number of hydrogen-bond acceptors (Lipinski definition) is 2. The van der Waals surface area contributed by atoms with Crippen LogP contribution in [-0.4, -0.2) is 29.0 Å². The lowest BCUT2D eigenvalue weighted by Crippen LogP contribution is -2.32. The number of hydrogen-bond donors (Lipinski definition) is 1. The van der Waals surface area contributed by atoms with Crippen LogP contribution in [0.15, 0.2) is 18.2 Å². The average Bonchev–Trinajstić information content (AvgIpc) is 2.28. The molecule has 0 saturated heterocycles. The van der Waals surface area contributed by atoms with Crippen LogP contribution in [0.1, 0.15) is 23.7 Å². The molecule has 0 unspecified atom stereocenters. The topological polar surface area (TPSA) is 40.5 Å². The number of carbonyl (C=O) groups is 1. The summed E-state index contributed by atoms with van der Waals surface area (Å²) in [5.41, 5.74) is -0.323. The largest absolute Gasteiger partial charge is 0.507 e. The van der Waals surface area contributed by atoms with Gasteiger partial charge in [0.2, 0.25) is 0 Å². The van der Waals surface area contributed by atoms with Gasteiger partial charge in [-0.1, -0.05) is 18.9 Å². The molecule has 0 aliphatic carbocycles. The van der Waals surface area contributed by atoms with Gasteiger partial charge in [0.05, 0.1) is 6.54 Å². The second kappa shape index (κ2) is 5.90. The molecule has 0 fully saturated rings. The maximum Gasteiger partial charge on any atom is 0.261 e. The highest BCUT2D eigenvalue weighted by Crippen LogP contribution is 2.21. The van der Waals surface area contributed by atoms with E-state index in [4.69, 9.17) is 6.42 Å². The molecule has 1 N–H and O–H groups in total. The first-order chi connectivity index (χ1) is 8.11. The molecule has 1 amide bonds. The third kappa shape index (κ3) is 2.97. The molecule has 1 aromatic rings. The predicted octanol–water partition coefficient (Wildman–Crippen LogP) is 2.02. The fourth-order valence-corrected chi connectivity index (χ4v) is 1.52. The Labute approximate surface area is 99.9 Å². The van der Waals surface area contributed by atoms with Crippen molar-refractivity contribution in [1.82, 2.24) is 4.90 Å². The lowest BCUT2D eigenvalue weighted by Gasteiger charge is -2.20. The minimum atomic E-state index is -0.742. The number of phenolic OH excluding ortho intramolecular Hbond substituents is 1. The molecule has 1 rings (SSSR count). The summed E-state index contributed by atoms with van der Waals surface area (Å²) < 4.78 is 13.5. The summed E-state index contributed by atoms with van der Waals surface area (Å²) in [5.74, 6) is 0.650. The minimum absolute atomic E-state index is 0.0977.